The van der Waals surface area contributed by atoms with Crippen LogP contribution in [0.25, 0.3) is 10.4 Å². The molecule has 5 amide bonds. The maximum absolute atomic E-state index is 14.0. The van der Waals surface area contributed by atoms with Crippen LogP contribution in [0.1, 0.15) is 102 Å². The number of hydrogen-bond donors (Lipinski definition) is 5. The maximum atomic E-state index is 14.0. The zero-order valence-electron chi connectivity index (χ0n) is 36.5. The highest BCUT2D eigenvalue weighted by molar-refractivity contribution is 7.13. The third-order valence-corrected chi connectivity index (χ3v) is 11.3. The van der Waals surface area contributed by atoms with Gasteiger partial charge in [0.1, 0.15) is 17.7 Å². The number of aliphatic hydroxyl groups excluding tert-OH is 1. The summed E-state index contributed by atoms with van der Waals surface area (Å²) in [5.74, 6) is -1.40. The van der Waals surface area contributed by atoms with Gasteiger partial charge in [0.15, 0.2) is 0 Å². The zero-order chi connectivity index (χ0) is 44.2. The second kappa shape index (κ2) is 21.6. The van der Waals surface area contributed by atoms with E-state index in [4.69, 9.17) is 10.5 Å². The summed E-state index contributed by atoms with van der Waals surface area (Å²) in [5.41, 5.74) is 11.0. The average Bonchev–Trinajstić information content (AvgIpc) is 3.78. The molecule has 3 aromatic rings. The number of β-amino-alcohol motifs (C(OH)–C–C–N with tert-alkyl or cyclic N) is 1. The molecule has 0 saturated carbocycles. The summed E-state index contributed by atoms with van der Waals surface area (Å²) >= 11 is 1.58. The third kappa shape index (κ3) is 15.3. The second-order valence-corrected chi connectivity index (χ2v) is 18.9. The van der Waals surface area contributed by atoms with Gasteiger partial charge in [0, 0.05) is 51.5 Å². The fraction of sp³-hybridized carbons (Fsp3) is 0.556. The Morgan fingerprint density at radius 2 is 1.60 bits per heavy atom. The first-order valence-corrected chi connectivity index (χ1v) is 21.7. The van der Waals surface area contributed by atoms with E-state index >= 15 is 0 Å². The number of thiazole rings is 1. The number of rotatable bonds is 19. The molecule has 4 atom stereocenters. The van der Waals surface area contributed by atoms with Crippen LogP contribution in [0.2, 0.25) is 0 Å². The molecular formula is C45H65N7O7S. The number of carbonyl (C=O) groups is 5. The standard InChI is InChI=1S/C45H65N7O7S/c1-29-39(60-28-48-29)33-19-17-31(18-20-33)24-47-41(56)36-23-35(53)27-52(36)42(57)40(44(2,3)4)50-38(55)12-10-9-11-30-13-15-32(16-14-30)25-51(8)26-34(21-22-37(46)54)49-43(58)59-45(5,6)7/h13-20,28,34-36,40,53H,9-12,21-27H2,1-8H3,(H2,46,54)(H,47,56)(H,49,58)(H,50,55)/t34-,35+,36-,40+/m0/s1. The van der Waals surface area contributed by atoms with Gasteiger partial charge in [-0.1, -0.05) is 69.3 Å². The lowest BCUT2D eigenvalue weighted by Crippen LogP contribution is -2.57. The molecule has 2 aromatic carbocycles. The van der Waals surface area contributed by atoms with E-state index in [1.54, 1.807) is 32.1 Å². The molecule has 6 N–H and O–H groups in total. The van der Waals surface area contributed by atoms with Gasteiger partial charge in [-0.25, -0.2) is 9.78 Å². The van der Waals surface area contributed by atoms with Crippen LogP contribution in [0.5, 0.6) is 0 Å². The molecule has 1 saturated heterocycles. The molecule has 0 radical (unpaired) electrons. The van der Waals surface area contributed by atoms with Crippen molar-refractivity contribution in [2.45, 2.75) is 136 Å². The number of aliphatic hydroxyl groups is 1. The number of primary amides is 1. The van der Waals surface area contributed by atoms with Crippen LogP contribution in [0.15, 0.2) is 54.0 Å². The fourth-order valence-corrected chi connectivity index (χ4v) is 8.00. The van der Waals surface area contributed by atoms with E-state index in [1.165, 1.54) is 4.90 Å². The number of likely N-dealkylation sites (tertiary alicyclic amines) is 1. The van der Waals surface area contributed by atoms with Crippen LogP contribution < -0.4 is 21.7 Å². The Labute approximate surface area is 359 Å². The number of amides is 5. The van der Waals surface area contributed by atoms with Gasteiger partial charge in [-0.05, 0) is 88.1 Å². The third-order valence-electron chi connectivity index (χ3n) is 10.3. The molecule has 2 heterocycles. The molecule has 4 rings (SSSR count). The highest BCUT2D eigenvalue weighted by Gasteiger charge is 2.44. The Balaban J connectivity index is 1.23. The molecular weight excluding hydrogens is 783 g/mol. The van der Waals surface area contributed by atoms with E-state index in [9.17, 15) is 29.1 Å². The summed E-state index contributed by atoms with van der Waals surface area (Å²) < 4.78 is 5.40. The van der Waals surface area contributed by atoms with Crippen LogP contribution in [-0.4, -0.2) is 99.6 Å². The highest BCUT2D eigenvalue weighted by Crippen LogP contribution is 2.28. The minimum absolute atomic E-state index is 0.0140. The lowest BCUT2D eigenvalue weighted by molar-refractivity contribution is -0.144. The number of nitrogens with zero attached hydrogens (tertiary/aromatic N) is 3. The van der Waals surface area contributed by atoms with Crippen molar-refractivity contribution in [3.8, 4) is 10.4 Å². The summed E-state index contributed by atoms with van der Waals surface area (Å²) in [6.45, 7) is 14.4. The number of likely N-dealkylation sites (N-methyl/N-ethyl adjacent to an activating group) is 1. The Kier molecular flexibility index (Phi) is 17.2. The quantitative estimate of drug-likeness (QED) is 0.100. The summed E-state index contributed by atoms with van der Waals surface area (Å²) in [4.78, 5) is 73.4. The first-order chi connectivity index (χ1) is 28.2. The van der Waals surface area contributed by atoms with Crippen LogP contribution in [0.3, 0.4) is 0 Å². The van der Waals surface area contributed by atoms with E-state index < -0.39 is 41.2 Å². The van der Waals surface area contributed by atoms with Crippen LogP contribution in [0.4, 0.5) is 4.79 Å². The van der Waals surface area contributed by atoms with Crippen molar-refractivity contribution in [2.24, 2.45) is 11.1 Å². The average molecular weight is 848 g/mol. The molecule has 1 aliphatic rings. The number of ether oxygens (including phenoxy) is 1. The Hall–Kier alpha value is -4.86. The van der Waals surface area contributed by atoms with Crippen LogP contribution in [-0.2, 0) is 43.4 Å². The topological polar surface area (TPSA) is 196 Å². The lowest BCUT2D eigenvalue weighted by Gasteiger charge is -2.35. The largest absolute Gasteiger partial charge is 0.444 e. The summed E-state index contributed by atoms with van der Waals surface area (Å²) in [6.07, 6.45) is 1.69. The smallest absolute Gasteiger partial charge is 0.407 e. The number of aromatic nitrogens is 1. The molecule has 0 bridgehead atoms. The van der Waals surface area contributed by atoms with Gasteiger partial charge in [-0.15, -0.1) is 11.3 Å². The molecule has 1 aromatic heterocycles. The minimum atomic E-state index is -0.884. The van der Waals surface area contributed by atoms with Crippen molar-refractivity contribution in [3.05, 3.63) is 76.4 Å². The molecule has 0 aliphatic carbocycles. The maximum Gasteiger partial charge on any atom is 0.407 e. The van der Waals surface area contributed by atoms with Crippen LogP contribution in [0, 0.1) is 12.3 Å². The van der Waals surface area contributed by atoms with Gasteiger partial charge < -0.3 is 41.3 Å². The van der Waals surface area contributed by atoms with Gasteiger partial charge in [-0.2, -0.15) is 0 Å². The van der Waals surface area contributed by atoms with Crippen LogP contribution >= 0.6 is 11.3 Å². The first-order valence-electron chi connectivity index (χ1n) is 20.8. The van der Waals surface area contributed by atoms with Gasteiger partial charge in [0.25, 0.3) is 0 Å². The molecule has 1 aliphatic heterocycles. The van der Waals surface area contributed by atoms with Crippen molar-refractivity contribution < 1.29 is 33.8 Å². The van der Waals surface area contributed by atoms with Gasteiger partial charge >= 0.3 is 6.09 Å². The number of nitrogens with one attached hydrogen (secondary N) is 3. The van der Waals surface area contributed by atoms with Crippen molar-refractivity contribution in [3.63, 3.8) is 0 Å². The predicted octanol–water partition coefficient (Wildman–Crippen LogP) is 5.23. The number of benzene rings is 2. The van der Waals surface area contributed by atoms with E-state index in [1.807, 2.05) is 64.5 Å². The van der Waals surface area contributed by atoms with E-state index in [2.05, 4.69) is 50.1 Å². The SMILES string of the molecule is Cc1ncsc1-c1ccc(CNC(=O)[C@@H]2C[C@@H](O)CN2C(=O)[C@@H](NC(=O)CCCCc2ccc(CN(C)C[C@H](CCC(N)=O)NC(=O)OC(C)(C)C)cc2)C(C)(C)C)cc1. The summed E-state index contributed by atoms with van der Waals surface area (Å²) in [7, 11) is 1.95. The fourth-order valence-electron chi connectivity index (χ4n) is 7.19. The minimum Gasteiger partial charge on any atom is -0.444 e. The van der Waals surface area contributed by atoms with Crippen molar-refractivity contribution in [1.29, 1.82) is 0 Å². The van der Waals surface area contributed by atoms with Gasteiger partial charge in [0.2, 0.25) is 23.6 Å². The van der Waals surface area contributed by atoms with Crippen molar-refractivity contribution in [1.82, 2.24) is 30.7 Å². The zero-order valence-corrected chi connectivity index (χ0v) is 37.3. The molecule has 15 heteroatoms. The number of alkyl carbamates (subject to hydrolysis) is 1. The molecule has 1 fully saturated rings. The van der Waals surface area contributed by atoms with Gasteiger partial charge in [0.05, 0.1) is 22.2 Å². The normalized spacial score (nSPS) is 16.6. The Morgan fingerprint density at radius 1 is 0.950 bits per heavy atom. The lowest BCUT2D eigenvalue weighted by atomic mass is 9.85. The molecule has 0 spiro atoms. The number of hydrogen-bond acceptors (Lipinski definition) is 10. The number of carbonyl (C=O) groups excluding carboxylic acids is 5. The molecule has 328 valence electrons. The molecule has 0 unspecified atom stereocenters. The van der Waals surface area contributed by atoms with Gasteiger partial charge in [-0.3, -0.25) is 19.2 Å². The van der Waals surface area contributed by atoms with E-state index in [0.717, 1.165) is 45.7 Å². The summed E-state index contributed by atoms with van der Waals surface area (Å²) in [5, 5.41) is 19.3. The number of nitrogens with two attached hydrogens (primary N) is 1. The number of unbranched alkanes of at least 4 members (excludes halogenated alkanes) is 1. The van der Waals surface area contributed by atoms with Crippen molar-refractivity contribution >= 4 is 41.1 Å². The first kappa shape index (κ1) is 47.8. The molecule has 14 nitrogen and oxygen atoms in total. The summed E-state index contributed by atoms with van der Waals surface area (Å²) in [6, 6.07) is 14.1. The Morgan fingerprint density at radius 3 is 2.20 bits per heavy atom. The van der Waals surface area contributed by atoms with E-state index in [0.29, 0.717) is 25.9 Å². The molecule has 60 heavy (non-hydrogen) atoms. The second-order valence-electron chi connectivity index (χ2n) is 18.0. The Bertz CT molecular complexity index is 1900. The van der Waals surface area contributed by atoms with Crippen molar-refractivity contribution in [2.75, 3.05) is 20.1 Å². The highest BCUT2D eigenvalue weighted by atomic mass is 32.1. The monoisotopic (exact) mass is 847 g/mol. The number of aryl methyl sites for hydroxylation is 2. The van der Waals surface area contributed by atoms with E-state index in [-0.39, 0.29) is 56.1 Å². The predicted molar refractivity (Wildman–Crippen MR) is 234 cm³/mol.